The third kappa shape index (κ3) is 4.86. The Hall–Kier alpha value is -3.38. The third-order valence-electron chi connectivity index (χ3n) is 4.02. The van der Waals surface area contributed by atoms with Crippen LogP contribution in [0, 0.1) is 6.92 Å². The molecule has 0 spiro atoms. The monoisotopic (exact) mass is 394 g/mol. The minimum Gasteiger partial charge on any atom is -0.268 e. The standard InChI is InChI=1S/C21H19ClN4O2/c1-15-18(20(22)26(25-15)14-16-8-4-2-5-9-16)12-13-19(27)23-24-21(28)17-10-6-3-7-11-17/h2-13H,14H2,1H3,(H,23,27)(H,24,28)/b13-12+. The van der Waals surface area contributed by atoms with Gasteiger partial charge in [-0.25, -0.2) is 4.68 Å². The highest BCUT2D eigenvalue weighted by Gasteiger charge is 2.12. The Morgan fingerprint density at radius 1 is 1.04 bits per heavy atom. The summed E-state index contributed by atoms with van der Waals surface area (Å²) in [7, 11) is 0. The van der Waals surface area contributed by atoms with E-state index < -0.39 is 11.8 Å². The molecule has 0 bridgehead atoms. The normalized spacial score (nSPS) is 10.8. The largest absolute Gasteiger partial charge is 0.269 e. The van der Waals surface area contributed by atoms with E-state index in [1.54, 1.807) is 35.0 Å². The van der Waals surface area contributed by atoms with E-state index in [2.05, 4.69) is 16.0 Å². The van der Waals surface area contributed by atoms with E-state index in [4.69, 9.17) is 11.6 Å². The molecule has 2 N–H and O–H groups in total. The van der Waals surface area contributed by atoms with Crippen LogP contribution in [-0.4, -0.2) is 21.6 Å². The van der Waals surface area contributed by atoms with Crippen molar-refractivity contribution in [1.29, 1.82) is 0 Å². The van der Waals surface area contributed by atoms with Crippen LogP contribution in [0.4, 0.5) is 0 Å². The van der Waals surface area contributed by atoms with E-state index in [9.17, 15) is 9.59 Å². The van der Waals surface area contributed by atoms with Gasteiger partial charge in [0.2, 0.25) is 0 Å². The van der Waals surface area contributed by atoms with E-state index in [1.807, 2.05) is 43.3 Å². The number of rotatable bonds is 5. The van der Waals surface area contributed by atoms with Gasteiger partial charge in [0.25, 0.3) is 11.8 Å². The lowest BCUT2D eigenvalue weighted by atomic mass is 10.2. The SMILES string of the molecule is Cc1nn(Cc2ccccc2)c(Cl)c1/C=C/C(=O)NNC(=O)c1ccccc1. The van der Waals surface area contributed by atoms with Gasteiger partial charge in [0.15, 0.2) is 0 Å². The fraction of sp³-hybridized carbons (Fsp3) is 0.0952. The number of benzene rings is 2. The van der Waals surface area contributed by atoms with E-state index >= 15 is 0 Å². The molecule has 2 aromatic carbocycles. The van der Waals surface area contributed by atoms with E-state index in [0.29, 0.717) is 28.5 Å². The van der Waals surface area contributed by atoms with Crippen molar-refractivity contribution in [1.82, 2.24) is 20.6 Å². The zero-order valence-electron chi connectivity index (χ0n) is 15.2. The van der Waals surface area contributed by atoms with E-state index in [1.165, 1.54) is 6.08 Å². The Kier molecular flexibility index (Phi) is 6.24. The van der Waals surface area contributed by atoms with Crippen LogP contribution >= 0.6 is 11.6 Å². The Bertz CT molecular complexity index is 998. The van der Waals surface area contributed by atoms with Gasteiger partial charge in [-0.3, -0.25) is 20.4 Å². The molecule has 0 saturated carbocycles. The van der Waals surface area contributed by atoms with Crippen LogP contribution in [0.1, 0.15) is 27.2 Å². The Labute approximate surface area is 167 Å². The highest BCUT2D eigenvalue weighted by molar-refractivity contribution is 6.31. The summed E-state index contributed by atoms with van der Waals surface area (Å²) in [5, 5.41) is 4.87. The van der Waals surface area contributed by atoms with Crippen molar-refractivity contribution in [3.8, 4) is 0 Å². The first-order chi connectivity index (χ1) is 13.5. The maximum Gasteiger partial charge on any atom is 0.269 e. The fourth-order valence-electron chi connectivity index (χ4n) is 2.60. The number of aromatic nitrogens is 2. The summed E-state index contributed by atoms with van der Waals surface area (Å²) in [6.45, 7) is 2.36. The highest BCUT2D eigenvalue weighted by Crippen LogP contribution is 2.22. The molecule has 0 saturated heterocycles. The lowest BCUT2D eigenvalue weighted by Crippen LogP contribution is -2.40. The van der Waals surface area contributed by atoms with Crippen LogP contribution < -0.4 is 10.9 Å². The van der Waals surface area contributed by atoms with E-state index in [-0.39, 0.29) is 0 Å². The molecule has 3 rings (SSSR count). The second-order valence-electron chi connectivity index (χ2n) is 6.08. The summed E-state index contributed by atoms with van der Waals surface area (Å²) >= 11 is 6.42. The van der Waals surface area contributed by atoms with Crippen LogP contribution in [0.2, 0.25) is 5.15 Å². The average molecular weight is 395 g/mol. The van der Waals surface area contributed by atoms with Crippen molar-refractivity contribution in [3.63, 3.8) is 0 Å². The first kappa shape index (κ1) is 19.4. The molecule has 0 radical (unpaired) electrons. The van der Waals surface area contributed by atoms with Gasteiger partial charge in [-0.15, -0.1) is 0 Å². The number of hydrazine groups is 1. The second-order valence-corrected chi connectivity index (χ2v) is 6.43. The van der Waals surface area contributed by atoms with Crippen molar-refractivity contribution in [2.75, 3.05) is 0 Å². The molecule has 0 aliphatic carbocycles. The first-order valence-electron chi connectivity index (χ1n) is 8.65. The maximum absolute atomic E-state index is 12.0. The molecular formula is C21H19ClN4O2. The Balaban J connectivity index is 1.62. The number of carbonyl (C=O) groups is 2. The molecule has 3 aromatic rings. The van der Waals surface area contributed by atoms with Crippen molar-refractivity contribution >= 4 is 29.5 Å². The average Bonchev–Trinajstić information content (AvgIpc) is 2.98. The molecule has 0 atom stereocenters. The summed E-state index contributed by atoms with van der Waals surface area (Å²) in [5.74, 6) is -0.872. The minimum absolute atomic E-state index is 0.396. The quantitative estimate of drug-likeness (QED) is 0.514. The van der Waals surface area contributed by atoms with Gasteiger partial charge < -0.3 is 0 Å². The molecular weight excluding hydrogens is 376 g/mol. The summed E-state index contributed by atoms with van der Waals surface area (Å²) in [6.07, 6.45) is 2.88. The van der Waals surface area contributed by atoms with Crippen molar-refractivity contribution < 1.29 is 9.59 Å². The van der Waals surface area contributed by atoms with Crippen molar-refractivity contribution in [3.05, 3.63) is 94.3 Å². The van der Waals surface area contributed by atoms with Gasteiger partial charge in [-0.2, -0.15) is 5.10 Å². The molecule has 0 aliphatic rings. The number of carbonyl (C=O) groups excluding carboxylic acids is 2. The minimum atomic E-state index is -0.476. The van der Waals surface area contributed by atoms with Crippen molar-refractivity contribution in [2.24, 2.45) is 0 Å². The molecule has 0 aliphatic heterocycles. The molecule has 6 nitrogen and oxygen atoms in total. The topological polar surface area (TPSA) is 76.0 Å². The number of halogens is 1. The lowest BCUT2D eigenvalue weighted by Gasteiger charge is -2.05. The summed E-state index contributed by atoms with van der Waals surface area (Å²) < 4.78 is 1.68. The number of nitrogens with one attached hydrogen (secondary N) is 2. The summed E-state index contributed by atoms with van der Waals surface area (Å²) in [6, 6.07) is 18.4. The molecule has 2 amide bonds. The van der Waals surface area contributed by atoms with Gasteiger partial charge in [-0.1, -0.05) is 60.1 Å². The highest BCUT2D eigenvalue weighted by atomic mass is 35.5. The molecule has 142 valence electrons. The molecule has 0 unspecified atom stereocenters. The summed E-state index contributed by atoms with van der Waals surface area (Å²) in [5.41, 5.74) is 7.59. The zero-order chi connectivity index (χ0) is 19.9. The first-order valence-corrected chi connectivity index (χ1v) is 9.02. The molecule has 0 fully saturated rings. The predicted molar refractivity (Wildman–Crippen MR) is 109 cm³/mol. The van der Waals surface area contributed by atoms with Crippen LogP contribution in [0.3, 0.4) is 0 Å². The van der Waals surface area contributed by atoms with Crippen LogP contribution in [0.5, 0.6) is 0 Å². The van der Waals surface area contributed by atoms with Gasteiger partial charge >= 0.3 is 0 Å². The van der Waals surface area contributed by atoms with Gasteiger partial charge in [0.1, 0.15) is 5.15 Å². The van der Waals surface area contributed by atoms with Gasteiger partial charge in [-0.05, 0) is 30.7 Å². The van der Waals surface area contributed by atoms with E-state index in [0.717, 1.165) is 5.56 Å². The second kappa shape index (κ2) is 9.01. The van der Waals surface area contributed by atoms with Gasteiger partial charge in [0, 0.05) is 17.2 Å². The van der Waals surface area contributed by atoms with Crippen molar-refractivity contribution in [2.45, 2.75) is 13.5 Å². The zero-order valence-corrected chi connectivity index (χ0v) is 16.0. The molecule has 1 heterocycles. The Morgan fingerprint density at radius 2 is 1.68 bits per heavy atom. The number of hydrogen-bond donors (Lipinski definition) is 2. The predicted octanol–water partition coefficient (Wildman–Crippen LogP) is 3.37. The number of amides is 2. The number of hydrogen-bond acceptors (Lipinski definition) is 3. The van der Waals surface area contributed by atoms with Crippen LogP contribution in [-0.2, 0) is 11.3 Å². The summed E-state index contributed by atoms with van der Waals surface area (Å²) in [4.78, 5) is 23.9. The molecule has 28 heavy (non-hydrogen) atoms. The maximum atomic E-state index is 12.0. The van der Waals surface area contributed by atoms with Crippen LogP contribution in [0.25, 0.3) is 6.08 Å². The lowest BCUT2D eigenvalue weighted by molar-refractivity contribution is -0.117. The Morgan fingerprint density at radius 3 is 2.36 bits per heavy atom. The van der Waals surface area contributed by atoms with Crippen LogP contribution in [0.15, 0.2) is 66.7 Å². The third-order valence-corrected chi connectivity index (χ3v) is 4.42. The number of nitrogens with zero attached hydrogens (tertiary/aromatic N) is 2. The number of aryl methyl sites for hydroxylation is 1. The smallest absolute Gasteiger partial charge is 0.268 e. The van der Waals surface area contributed by atoms with Gasteiger partial charge in [0.05, 0.1) is 12.2 Å². The molecule has 7 heteroatoms. The molecule has 1 aromatic heterocycles. The fourth-order valence-corrected chi connectivity index (χ4v) is 2.90.